The molecule has 0 amide bonds. The first-order chi connectivity index (χ1) is 7.24. The lowest BCUT2D eigenvalue weighted by Gasteiger charge is -2.07. The van der Waals surface area contributed by atoms with Gasteiger partial charge in [0.2, 0.25) is 0 Å². The van der Waals surface area contributed by atoms with E-state index in [1.54, 1.807) is 0 Å². The number of aliphatic hydroxyl groups excluding tert-OH is 1. The first kappa shape index (κ1) is 14.0. The molecule has 0 atom stereocenters. The minimum Gasteiger partial charge on any atom is -0.491 e. The fourth-order valence-corrected chi connectivity index (χ4v) is 1.11. The van der Waals surface area contributed by atoms with Gasteiger partial charge in [0.25, 0.3) is 0 Å². The first-order valence-electron chi connectivity index (χ1n) is 5.57. The summed E-state index contributed by atoms with van der Waals surface area (Å²) in [6.45, 7) is 8.74. The molecule has 1 rings (SSSR count). The molecule has 0 saturated heterocycles. The zero-order valence-corrected chi connectivity index (χ0v) is 10.2. The Morgan fingerprint density at radius 2 is 1.67 bits per heavy atom. The monoisotopic (exact) mass is 210 g/mol. The maximum Gasteiger partial charge on any atom is 0.119 e. The molecule has 2 heteroatoms. The molecule has 0 aliphatic heterocycles. The van der Waals surface area contributed by atoms with Crippen molar-refractivity contribution < 1.29 is 9.84 Å². The summed E-state index contributed by atoms with van der Waals surface area (Å²) >= 11 is 0. The van der Waals surface area contributed by atoms with Gasteiger partial charge in [0.1, 0.15) is 12.4 Å². The largest absolute Gasteiger partial charge is 0.491 e. The lowest BCUT2D eigenvalue weighted by Crippen LogP contribution is -2.01. The quantitative estimate of drug-likeness (QED) is 0.827. The molecule has 0 aliphatic rings. The van der Waals surface area contributed by atoms with Gasteiger partial charge in [0.15, 0.2) is 0 Å². The molecule has 86 valence electrons. The predicted octanol–water partition coefficient (Wildman–Crippen LogP) is 3.21. The van der Waals surface area contributed by atoms with E-state index in [4.69, 9.17) is 9.84 Å². The van der Waals surface area contributed by atoms with Gasteiger partial charge in [0.05, 0.1) is 6.61 Å². The molecule has 0 radical (unpaired) electrons. The fraction of sp³-hybridized carbons (Fsp3) is 0.538. The van der Waals surface area contributed by atoms with Gasteiger partial charge in [-0.15, -0.1) is 0 Å². The van der Waals surface area contributed by atoms with E-state index in [1.165, 1.54) is 5.56 Å². The minimum atomic E-state index is 0.0614. The summed E-state index contributed by atoms with van der Waals surface area (Å²) in [6, 6.07) is 7.98. The lowest BCUT2D eigenvalue weighted by atomic mass is 10.0. The second-order valence-corrected chi connectivity index (χ2v) is 3.30. The van der Waals surface area contributed by atoms with Crippen molar-refractivity contribution in [2.24, 2.45) is 0 Å². The van der Waals surface area contributed by atoms with Crippen LogP contribution in [0.1, 0.15) is 39.2 Å². The van der Waals surface area contributed by atoms with E-state index in [0.717, 1.165) is 5.75 Å². The van der Waals surface area contributed by atoms with E-state index in [2.05, 4.69) is 26.0 Å². The van der Waals surface area contributed by atoms with Gasteiger partial charge >= 0.3 is 0 Å². The van der Waals surface area contributed by atoms with Gasteiger partial charge in [-0.25, -0.2) is 0 Å². The van der Waals surface area contributed by atoms with E-state index < -0.39 is 0 Å². The fourth-order valence-electron chi connectivity index (χ4n) is 1.11. The van der Waals surface area contributed by atoms with Crippen molar-refractivity contribution in [2.45, 2.75) is 33.6 Å². The van der Waals surface area contributed by atoms with Gasteiger partial charge < -0.3 is 9.84 Å². The molecule has 1 N–H and O–H groups in total. The van der Waals surface area contributed by atoms with Crippen LogP contribution in [0.2, 0.25) is 0 Å². The Morgan fingerprint density at radius 3 is 2.07 bits per heavy atom. The Bertz CT molecular complexity index is 239. The van der Waals surface area contributed by atoms with Gasteiger partial charge in [0, 0.05) is 0 Å². The summed E-state index contributed by atoms with van der Waals surface area (Å²) in [5.74, 6) is 1.37. The summed E-state index contributed by atoms with van der Waals surface area (Å²) in [5, 5.41) is 8.55. The molecule has 0 heterocycles. The Balaban J connectivity index is 0.000000921. The number of hydrogen-bond donors (Lipinski definition) is 1. The molecule has 1 aromatic carbocycles. The maximum atomic E-state index is 8.55. The van der Waals surface area contributed by atoms with E-state index in [1.807, 2.05) is 26.0 Å². The third kappa shape index (κ3) is 5.43. The van der Waals surface area contributed by atoms with Crippen molar-refractivity contribution >= 4 is 0 Å². The lowest BCUT2D eigenvalue weighted by molar-refractivity contribution is 0.201. The standard InChI is InChI=1S/C11H16O2.C2H6/c1-9(2)10-3-5-11(6-4-10)13-8-7-12;1-2/h3-6,9,12H,7-8H2,1-2H3;1-2H3. The average Bonchev–Trinajstić information content (AvgIpc) is 2.29. The molecule has 2 nitrogen and oxygen atoms in total. The highest BCUT2D eigenvalue weighted by atomic mass is 16.5. The first-order valence-corrected chi connectivity index (χ1v) is 5.57. The van der Waals surface area contributed by atoms with Gasteiger partial charge in [-0.1, -0.05) is 39.8 Å². The molecular weight excluding hydrogens is 188 g/mol. The third-order valence-electron chi connectivity index (χ3n) is 1.91. The molecule has 0 unspecified atom stereocenters. The zero-order chi connectivity index (χ0) is 11.7. The summed E-state index contributed by atoms with van der Waals surface area (Å²) in [6.07, 6.45) is 0. The SMILES string of the molecule is CC.CC(C)c1ccc(OCCO)cc1. The molecule has 0 bridgehead atoms. The van der Waals surface area contributed by atoms with Crippen molar-refractivity contribution in [1.82, 2.24) is 0 Å². The topological polar surface area (TPSA) is 29.5 Å². The van der Waals surface area contributed by atoms with Crippen LogP contribution in [0.4, 0.5) is 0 Å². The molecule has 1 aromatic rings. The van der Waals surface area contributed by atoms with Gasteiger partial charge in [-0.3, -0.25) is 0 Å². The van der Waals surface area contributed by atoms with Gasteiger partial charge in [-0.2, -0.15) is 0 Å². The second kappa shape index (κ2) is 8.30. The highest BCUT2D eigenvalue weighted by Crippen LogP contribution is 2.18. The summed E-state index contributed by atoms with van der Waals surface area (Å²) in [5.41, 5.74) is 1.30. The molecular formula is C13H22O2. The van der Waals surface area contributed by atoms with Crippen LogP contribution < -0.4 is 4.74 Å². The van der Waals surface area contributed by atoms with Crippen molar-refractivity contribution in [3.05, 3.63) is 29.8 Å². The molecule has 0 aromatic heterocycles. The number of aliphatic hydroxyl groups is 1. The van der Waals surface area contributed by atoms with Crippen LogP contribution in [-0.2, 0) is 0 Å². The van der Waals surface area contributed by atoms with Crippen LogP contribution in [0.15, 0.2) is 24.3 Å². The molecule has 0 aliphatic carbocycles. The number of hydrogen-bond acceptors (Lipinski definition) is 2. The van der Waals surface area contributed by atoms with Crippen LogP contribution in [0.3, 0.4) is 0 Å². The number of ether oxygens (including phenoxy) is 1. The zero-order valence-electron chi connectivity index (χ0n) is 10.2. The Morgan fingerprint density at radius 1 is 1.13 bits per heavy atom. The van der Waals surface area contributed by atoms with Crippen LogP contribution in [-0.4, -0.2) is 18.3 Å². The van der Waals surface area contributed by atoms with Crippen molar-refractivity contribution in [2.75, 3.05) is 13.2 Å². The smallest absolute Gasteiger partial charge is 0.119 e. The molecule has 0 saturated carbocycles. The molecule has 0 spiro atoms. The van der Waals surface area contributed by atoms with Crippen LogP contribution in [0.5, 0.6) is 5.75 Å². The molecule has 0 fully saturated rings. The Kier molecular flexibility index (Phi) is 7.74. The summed E-state index contributed by atoms with van der Waals surface area (Å²) < 4.78 is 5.24. The average molecular weight is 210 g/mol. The Hall–Kier alpha value is -1.02. The van der Waals surface area contributed by atoms with Crippen LogP contribution >= 0.6 is 0 Å². The van der Waals surface area contributed by atoms with Crippen LogP contribution in [0.25, 0.3) is 0 Å². The Labute approximate surface area is 92.9 Å². The summed E-state index contributed by atoms with van der Waals surface area (Å²) in [4.78, 5) is 0. The van der Waals surface area contributed by atoms with E-state index in [0.29, 0.717) is 12.5 Å². The van der Waals surface area contributed by atoms with Crippen LogP contribution in [0, 0.1) is 0 Å². The van der Waals surface area contributed by atoms with E-state index in [-0.39, 0.29) is 6.61 Å². The number of benzene rings is 1. The summed E-state index contributed by atoms with van der Waals surface area (Å²) in [7, 11) is 0. The predicted molar refractivity (Wildman–Crippen MR) is 64.5 cm³/mol. The highest BCUT2D eigenvalue weighted by Gasteiger charge is 1.98. The van der Waals surface area contributed by atoms with E-state index in [9.17, 15) is 0 Å². The minimum absolute atomic E-state index is 0.0614. The van der Waals surface area contributed by atoms with Crippen molar-refractivity contribution in [3.63, 3.8) is 0 Å². The van der Waals surface area contributed by atoms with E-state index >= 15 is 0 Å². The molecule has 15 heavy (non-hydrogen) atoms. The normalized spacial score (nSPS) is 9.47. The van der Waals surface area contributed by atoms with Gasteiger partial charge in [-0.05, 0) is 23.6 Å². The highest BCUT2D eigenvalue weighted by molar-refractivity contribution is 5.28. The third-order valence-corrected chi connectivity index (χ3v) is 1.91. The van der Waals surface area contributed by atoms with Crippen molar-refractivity contribution in [1.29, 1.82) is 0 Å². The van der Waals surface area contributed by atoms with Crippen molar-refractivity contribution in [3.8, 4) is 5.75 Å². The number of rotatable bonds is 4. The maximum absolute atomic E-state index is 8.55. The second-order valence-electron chi connectivity index (χ2n) is 3.30.